The van der Waals surface area contributed by atoms with E-state index in [1.54, 1.807) is 18.0 Å². The van der Waals surface area contributed by atoms with Gasteiger partial charge in [-0.3, -0.25) is 4.99 Å². The minimum Gasteiger partial charge on any atom is -0.348 e. The van der Waals surface area contributed by atoms with E-state index in [4.69, 9.17) is 11.6 Å². The van der Waals surface area contributed by atoms with Crippen LogP contribution in [0, 0.1) is 0 Å². The van der Waals surface area contributed by atoms with E-state index >= 15 is 0 Å². The van der Waals surface area contributed by atoms with Gasteiger partial charge in [-0.2, -0.15) is 0 Å². The maximum absolute atomic E-state index is 5.97. The van der Waals surface area contributed by atoms with Crippen molar-refractivity contribution < 1.29 is 0 Å². The first-order chi connectivity index (χ1) is 15.5. The lowest BCUT2D eigenvalue weighted by molar-refractivity contribution is 0.874. The van der Waals surface area contributed by atoms with Crippen LogP contribution in [0.25, 0.3) is 0 Å². The van der Waals surface area contributed by atoms with Gasteiger partial charge in [-0.15, -0.1) is 6.58 Å². The minimum atomic E-state index is 0.333. The first kappa shape index (κ1) is 27.5. The van der Waals surface area contributed by atoms with Crippen LogP contribution in [0.2, 0.25) is 5.02 Å². The Morgan fingerprint density at radius 3 is 2.34 bits per heavy atom. The van der Waals surface area contributed by atoms with Crippen LogP contribution in [0.15, 0.2) is 94.4 Å². The number of rotatable bonds is 6. The fourth-order valence-electron chi connectivity index (χ4n) is 2.63. The summed E-state index contributed by atoms with van der Waals surface area (Å²) in [6.07, 6.45) is 7.54. The number of aromatic nitrogens is 2. The summed E-state index contributed by atoms with van der Waals surface area (Å²) in [7, 11) is 1.83. The summed E-state index contributed by atoms with van der Waals surface area (Å²) in [4.78, 5) is 14.0. The third-order valence-corrected chi connectivity index (χ3v) is 5.85. The lowest BCUT2D eigenvalue weighted by atomic mass is 10.0. The number of hydrogen-bond donors (Lipinski definition) is 1. The fraction of sp³-hybridized carbons (Fsp3) is 0.259. The van der Waals surface area contributed by atoms with Crippen molar-refractivity contribution in [2.24, 2.45) is 4.99 Å². The van der Waals surface area contributed by atoms with Crippen molar-refractivity contribution in [3.8, 4) is 0 Å². The van der Waals surface area contributed by atoms with E-state index in [0.29, 0.717) is 5.92 Å². The van der Waals surface area contributed by atoms with Gasteiger partial charge >= 0.3 is 0 Å². The molecule has 3 aromatic rings. The SMILES string of the molecule is C/C=C(\C)Sc1ccccc1C(=NC)c1ccc(Cl)cc1.C=CC(C)c1ncc[nH]1.CC. The van der Waals surface area contributed by atoms with Crippen molar-refractivity contribution in [2.75, 3.05) is 7.05 Å². The number of hydrogen-bond acceptors (Lipinski definition) is 3. The molecule has 3 rings (SSSR count). The van der Waals surface area contributed by atoms with Crippen LogP contribution < -0.4 is 0 Å². The predicted octanol–water partition coefficient (Wildman–Crippen LogP) is 8.55. The number of imidazole rings is 1. The van der Waals surface area contributed by atoms with E-state index in [1.807, 2.05) is 70.4 Å². The zero-order valence-electron chi connectivity index (χ0n) is 19.9. The first-order valence-corrected chi connectivity index (χ1v) is 11.9. The summed E-state index contributed by atoms with van der Waals surface area (Å²) in [6, 6.07) is 16.2. The van der Waals surface area contributed by atoms with Crippen molar-refractivity contribution in [3.63, 3.8) is 0 Å². The number of halogens is 1. The highest BCUT2D eigenvalue weighted by Crippen LogP contribution is 2.31. The molecule has 170 valence electrons. The summed E-state index contributed by atoms with van der Waals surface area (Å²) >= 11 is 7.74. The maximum atomic E-state index is 5.97. The average molecular weight is 468 g/mol. The Morgan fingerprint density at radius 2 is 1.81 bits per heavy atom. The molecule has 0 aliphatic carbocycles. The molecule has 1 atom stereocenters. The Hall–Kier alpha value is -2.56. The van der Waals surface area contributed by atoms with Gasteiger partial charge in [0.15, 0.2) is 0 Å². The molecule has 0 fully saturated rings. The lowest BCUT2D eigenvalue weighted by Crippen LogP contribution is -2.04. The number of aromatic amines is 1. The zero-order valence-corrected chi connectivity index (χ0v) is 21.5. The number of aliphatic imine (C=N–C) groups is 1. The van der Waals surface area contributed by atoms with Crippen molar-refractivity contribution in [3.05, 3.63) is 107 Å². The van der Waals surface area contributed by atoms with E-state index < -0.39 is 0 Å². The molecule has 3 nitrogen and oxygen atoms in total. The van der Waals surface area contributed by atoms with E-state index in [9.17, 15) is 0 Å². The summed E-state index contributed by atoms with van der Waals surface area (Å²) in [6.45, 7) is 13.9. The number of H-pyrrole nitrogens is 1. The third-order valence-electron chi connectivity index (χ3n) is 4.47. The van der Waals surface area contributed by atoms with Crippen LogP contribution in [-0.4, -0.2) is 22.7 Å². The largest absolute Gasteiger partial charge is 0.348 e. The molecule has 0 aliphatic rings. The highest BCUT2D eigenvalue weighted by molar-refractivity contribution is 8.03. The van der Waals surface area contributed by atoms with Crippen LogP contribution >= 0.6 is 23.4 Å². The van der Waals surface area contributed by atoms with Crippen LogP contribution in [0.4, 0.5) is 0 Å². The number of nitrogens with zero attached hydrogens (tertiary/aromatic N) is 2. The Balaban J connectivity index is 0.000000388. The zero-order chi connectivity index (χ0) is 23.9. The number of allylic oxidation sites excluding steroid dienone is 3. The molecule has 2 aromatic carbocycles. The molecular formula is C27H34ClN3S. The summed E-state index contributed by atoms with van der Waals surface area (Å²) in [5.41, 5.74) is 3.21. The van der Waals surface area contributed by atoms with Crippen LogP contribution in [-0.2, 0) is 0 Å². The van der Waals surface area contributed by atoms with E-state index in [-0.39, 0.29) is 0 Å². The fourth-order valence-corrected chi connectivity index (χ4v) is 3.65. The lowest BCUT2D eigenvalue weighted by Gasteiger charge is -2.12. The van der Waals surface area contributed by atoms with Crippen molar-refractivity contribution in [1.29, 1.82) is 0 Å². The van der Waals surface area contributed by atoms with Gasteiger partial charge < -0.3 is 4.98 Å². The molecule has 5 heteroatoms. The quantitative estimate of drug-likeness (QED) is 0.224. The molecule has 0 amide bonds. The number of nitrogens with one attached hydrogen (secondary N) is 1. The predicted molar refractivity (Wildman–Crippen MR) is 143 cm³/mol. The van der Waals surface area contributed by atoms with Gasteiger partial charge in [-0.25, -0.2) is 4.98 Å². The molecule has 0 radical (unpaired) electrons. The van der Waals surface area contributed by atoms with E-state index in [1.165, 1.54) is 9.80 Å². The Morgan fingerprint density at radius 1 is 1.16 bits per heavy atom. The van der Waals surface area contributed by atoms with Crippen molar-refractivity contribution in [1.82, 2.24) is 9.97 Å². The Bertz CT molecular complexity index is 990. The molecule has 0 saturated heterocycles. The second-order valence-electron chi connectivity index (χ2n) is 6.58. The number of benzene rings is 2. The Labute approximate surface area is 202 Å². The smallest absolute Gasteiger partial charge is 0.112 e. The molecule has 0 spiro atoms. The molecule has 0 saturated carbocycles. The molecule has 1 unspecified atom stereocenters. The van der Waals surface area contributed by atoms with E-state index in [2.05, 4.69) is 59.7 Å². The standard InChI is InChI=1S/C18H18ClNS.C7H10N2.C2H6/c1-4-13(2)21-17-8-6-5-7-16(17)18(20-3)14-9-11-15(19)12-10-14;1-3-6(2)7-8-4-5-9-7;1-2/h4-12H,1-3H3;3-6H,1H2,2H3,(H,8,9);1-2H3/b13-4+,20-18?;;. The molecule has 32 heavy (non-hydrogen) atoms. The van der Waals surface area contributed by atoms with Crippen molar-refractivity contribution in [2.45, 2.75) is 45.4 Å². The summed E-state index contributed by atoms with van der Waals surface area (Å²) in [5, 5.41) is 0.738. The van der Waals surface area contributed by atoms with Crippen molar-refractivity contribution >= 4 is 29.1 Å². The Kier molecular flexibility index (Phi) is 13.1. The number of thioether (sulfide) groups is 1. The monoisotopic (exact) mass is 467 g/mol. The second kappa shape index (κ2) is 15.3. The molecule has 0 bridgehead atoms. The van der Waals surface area contributed by atoms with Gasteiger partial charge in [-0.1, -0.05) is 86.6 Å². The van der Waals surface area contributed by atoms with Crippen LogP contribution in [0.3, 0.4) is 0 Å². The van der Waals surface area contributed by atoms with Gasteiger partial charge in [0, 0.05) is 46.4 Å². The van der Waals surface area contributed by atoms with Gasteiger partial charge in [0.25, 0.3) is 0 Å². The third kappa shape index (κ3) is 8.52. The molecule has 1 aromatic heterocycles. The second-order valence-corrected chi connectivity index (χ2v) is 8.30. The minimum absolute atomic E-state index is 0.333. The van der Waals surface area contributed by atoms with E-state index in [0.717, 1.165) is 27.7 Å². The molecule has 0 aliphatic heterocycles. The van der Waals surface area contributed by atoms with Gasteiger partial charge in [-0.05, 0) is 37.0 Å². The normalized spacial score (nSPS) is 12.1. The highest BCUT2D eigenvalue weighted by atomic mass is 35.5. The molecule has 1 N–H and O–H groups in total. The molecule has 1 heterocycles. The highest BCUT2D eigenvalue weighted by Gasteiger charge is 2.11. The average Bonchev–Trinajstić information content (AvgIpc) is 3.38. The maximum Gasteiger partial charge on any atom is 0.112 e. The summed E-state index contributed by atoms with van der Waals surface area (Å²) < 4.78 is 0. The van der Waals surface area contributed by atoms with Gasteiger partial charge in [0.1, 0.15) is 5.82 Å². The molecular weight excluding hydrogens is 434 g/mol. The topological polar surface area (TPSA) is 41.0 Å². The van der Waals surface area contributed by atoms with Gasteiger partial charge in [0.05, 0.1) is 5.71 Å². The summed E-state index contributed by atoms with van der Waals surface area (Å²) in [5.74, 6) is 1.31. The van der Waals surface area contributed by atoms with Crippen LogP contribution in [0.5, 0.6) is 0 Å². The van der Waals surface area contributed by atoms with Gasteiger partial charge in [0.2, 0.25) is 0 Å². The van der Waals surface area contributed by atoms with Crippen LogP contribution in [0.1, 0.15) is 57.5 Å². The first-order valence-electron chi connectivity index (χ1n) is 10.7.